The van der Waals surface area contributed by atoms with Gasteiger partial charge in [0.1, 0.15) is 0 Å². The molecular formula is C45H54N8O5. The molecular weight excluding hydrogens is 733 g/mol. The number of carbonyl (C=O) groups excluding carboxylic acids is 2. The number of anilines is 1. The van der Waals surface area contributed by atoms with Crippen molar-refractivity contribution in [3.8, 4) is 11.1 Å². The number of piperazine rings is 1. The van der Waals surface area contributed by atoms with Crippen LogP contribution in [0.2, 0.25) is 0 Å². The van der Waals surface area contributed by atoms with Gasteiger partial charge in [-0.2, -0.15) is 5.10 Å². The molecule has 2 aliphatic rings. The molecule has 4 heterocycles. The third-order valence-electron chi connectivity index (χ3n) is 11.2. The minimum atomic E-state index is -0.865. The zero-order chi connectivity index (χ0) is 40.8. The van der Waals surface area contributed by atoms with Gasteiger partial charge in [-0.3, -0.25) is 14.5 Å². The Balaban J connectivity index is 1.01. The third kappa shape index (κ3) is 9.32. The van der Waals surface area contributed by atoms with E-state index in [2.05, 4.69) is 63.2 Å². The summed E-state index contributed by atoms with van der Waals surface area (Å²) in [6.07, 6.45) is 3.47. The number of pyridine rings is 1. The second-order valence-electron chi connectivity index (χ2n) is 15.4. The molecule has 304 valence electrons. The van der Waals surface area contributed by atoms with Crippen LogP contribution in [0.3, 0.4) is 0 Å². The lowest BCUT2D eigenvalue weighted by Crippen LogP contribution is -2.53. The average molecular weight is 787 g/mol. The number of hydrogen-bond donors (Lipinski definition) is 4. The molecule has 13 heteroatoms. The standard InChI is InChI=1S/C45H54N8O5/c1-5-40-38(41(49-37-13-17-58-18-14-37)39-26-48-53(6-2)42(39)50-40)25-47-44(55)36-20-29(3)19-35(23-36)43(54)46-24-31-9-7-11-33(21-31)34-12-8-10-32(22-34)28-51-15-16-52(45(56)57)30(4)27-51/h7-12,19-23,26,30,37H,5-6,13-18,24-25,27-28H2,1-4H3,(H,46,54)(H,47,55)(H,49,50)(H,56,57)/t30-/m0/s1. The molecule has 2 fully saturated rings. The van der Waals surface area contributed by atoms with Gasteiger partial charge in [-0.1, -0.05) is 43.3 Å². The number of carboxylic acid groups (broad SMARTS) is 1. The Bertz CT molecular complexity index is 2280. The molecule has 2 aromatic heterocycles. The van der Waals surface area contributed by atoms with Crippen molar-refractivity contribution in [2.45, 2.75) is 85.2 Å². The predicted molar refractivity (Wildman–Crippen MR) is 225 cm³/mol. The normalized spacial score (nSPS) is 16.3. The number of hydrogen-bond acceptors (Lipinski definition) is 8. The Morgan fingerprint density at radius 2 is 1.55 bits per heavy atom. The Kier molecular flexibility index (Phi) is 12.7. The molecule has 1 atom stereocenters. The molecule has 2 aliphatic heterocycles. The van der Waals surface area contributed by atoms with E-state index < -0.39 is 6.09 Å². The van der Waals surface area contributed by atoms with Crippen molar-refractivity contribution >= 4 is 34.6 Å². The molecule has 58 heavy (non-hydrogen) atoms. The van der Waals surface area contributed by atoms with E-state index in [0.717, 1.165) is 75.2 Å². The fourth-order valence-electron chi connectivity index (χ4n) is 8.13. The van der Waals surface area contributed by atoms with E-state index in [1.807, 2.05) is 49.8 Å². The second kappa shape index (κ2) is 18.2. The number of carbonyl (C=O) groups is 3. The topological polar surface area (TPSA) is 154 Å². The Labute approximate surface area is 339 Å². The fraction of sp³-hybridized carbons (Fsp3) is 0.400. The zero-order valence-electron chi connectivity index (χ0n) is 33.9. The summed E-state index contributed by atoms with van der Waals surface area (Å²) in [5, 5.41) is 24.9. The van der Waals surface area contributed by atoms with Crippen LogP contribution in [-0.4, -0.2) is 92.5 Å². The first kappa shape index (κ1) is 40.4. The lowest BCUT2D eigenvalue weighted by atomic mass is 10.0. The van der Waals surface area contributed by atoms with Crippen LogP contribution in [0.1, 0.15) is 82.3 Å². The van der Waals surface area contributed by atoms with Crippen molar-refractivity contribution in [1.29, 1.82) is 0 Å². The largest absolute Gasteiger partial charge is 0.465 e. The molecule has 13 nitrogen and oxygen atoms in total. The second-order valence-corrected chi connectivity index (χ2v) is 15.4. The number of benzene rings is 3. The van der Waals surface area contributed by atoms with Crippen LogP contribution < -0.4 is 16.0 Å². The molecule has 0 radical (unpaired) electrons. The molecule has 0 saturated carbocycles. The number of aromatic nitrogens is 3. The van der Waals surface area contributed by atoms with E-state index in [9.17, 15) is 19.5 Å². The van der Waals surface area contributed by atoms with E-state index >= 15 is 0 Å². The number of aryl methyl sites for hydroxylation is 3. The van der Waals surface area contributed by atoms with Gasteiger partial charge in [0.05, 0.1) is 17.3 Å². The number of fused-ring (bicyclic) bond motifs is 1. The van der Waals surface area contributed by atoms with Crippen molar-refractivity contribution in [1.82, 2.24) is 35.2 Å². The highest BCUT2D eigenvalue weighted by molar-refractivity contribution is 6.00. The fourth-order valence-corrected chi connectivity index (χ4v) is 8.13. The summed E-state index contributed by atoms with van der Waals surface area (Å²) in [6, 6.07) is 21.9. The van der Waals surface area contributed by atoms with Crippen LogP contribution in [0.15, 0.2) is 72.9 Å². The van der Waals surface area contributed by atoms with Crippen molar-refractivity contribution in [3.63, 3.8) is 0 Å². The summed E-state index contributed by atoms with van der Waals surface area (Å²) >= 11 is 0. The van der Waals surface area contributed by atoms with Crippen LogP contribution >= 0.6 is 0 Å². The smallest absolute Gasteiger partial charge is 0.407 e. The molecule has 3 aromatic carbocycles. The Morgan fingerprint density at radius 3 is 2.21 bits per heavy atom. The van der Waals surface area contributed by atoms with Gasteiger partial charge in [0.25, 0.3) is 11.8 Å². The van der Waals surface area contributed by atoms with Gasteiger partial charge < -0.3 is 30.7 Å². The maximum absolute atomic E-state index is 13.8. The van der Waals surface area contributed by atoms with Crippen molar-refractivity contribution in [2.24, 2.45) is 0 Å². The highest BCUT2D eigenvalue weighted by Crippen LogP contribution is 2.31. The lowest BCUT2D eigenvalue weighted by molar-refractivity contribution is 0.0711. The number of amides is 3. The van der Waals surface area contributed by atoms with Crippen LogP contribution in [-0.2, 0) is 37.3 Å². The molecule has 0 unspecified atom stereocenters. The summed E-state index contributed by atoms with van der Waals surface area (Å²) in [7, 11) is 0. The first-order chi connectivity index (χ1) is 28.1. The van der Waals surface area contributed by atoms with E-state index in [-0.39, 0.29) is 30.4 Å². The summed E-state index contributed by atoms with van der Waals surface area (Å²) in [5.74, 6) is -0.533. The minimum Gasteiger partial charge on any atom is -0.465 e. The Morgan fingerprint density at radius 1 is 0.879 bits per heavy atom. The molecule has 3 amide bonds. The molecule has 0 spiro atoms. The monoisotopic (exact) mass is 786 g/mol. The van der Waals surface area contributed by atoms with Gasteiger partial charge in [-0.25, -0.2) is 14.5 Å². The molecule has 4 N–H and O–H groups in total. The first-order valence-electron chi connectivity index (χ1n) is 20.4. The number of ether oxygens (including phenoxy) is 1. The van der Waals surface area contributed by atoms with Gasteiger partial charge in [0, 0.05) is 93.5 Å². The van der Waals surface area contributed by atoms with E-state index in [4.69, 9.17) is 9.72 Å². The number of rotatable bonds is 13. The lowest BCUT2D eigenvalue weighted by Gasteiger charge is -2.38. The van der Waals surface area contributed by atoms with Crippen molar-refractivity contribution < 1.29 is 24.2 Å². The molecule has 0 aliphatic carbocycles. The van der Waals surface area contributed by atoms with Gasteiger partial charge >= 0.3 is 6.09 Å². The minimum absolute atomic E-state index is 0.0563. The number of nitrogens with one attached hydrogen (secondary N) is 3. The van der Waals surface area contributed by atoms with Gasteiger partial charge in [0.15, 0.2) is 5.65 Å². The van der Waals surface area contributed by atoms with Crippen LogP contribution in [0.25, 0.3) is 22.2 Å². The highest BCUT2D eigenvalue weighted by Gasteiger charge is 2.27. The van der Waals surface area contributed by atoms with E-state index in [1.54, 1.807) is 18.2 Å². The Hall–Kier alpha value is -5.79. The maximum atomic E-state index is 13.8. The van der Waals surface area contributed by atoms with Crippen LogP contribution in [0.4, 0.5) is 10.5 Å². The van der Waals surface area contributed by atoms with Gasteiger partial charge in [-0.15, -0.1) is 0 Å². The third-order valence-corrected chi connectivity index (χ3v) is 11.2. The van der Waals surface area contributed by atoms with Crippen molar-refractivity contribution in [3.05, 3.63) is 112 Å². The van der Waals surface area contributed by atoms with E-state index in [0.29, 0.717) is 63.5 Å². The molecule has 7 rings (SSSR count). The summed E-state index contributed by atoms with van der Waals surface area (Å²) < 4.78 is 7.51. The summed E-state index contributed by atoms with van der Waals surface area (Å²) in [4.78, 5) is 47.6. The first-order valence-corrected chi connectivity index (χ1v) is 20.4. The molecule has 2 saturated heterocycles. The maximum Gasteiger partial charge on any atom is 0.407 e. The molecule has 5 aromatic rings. The predicted octanol–water partition coefficient (Wildman–Crippen LogP) is 6.62. The van der Waals surface area contributed by atoms with Crippen LogP contribution in [0.5, 0.6) is 0 Å². The number of nitrogens with zero attached hydrogens (tertiary/aromatic N) is 5. The van der Waals surface area contributed by atoms with Crippen molar-refractivity contribution in [2.75, 3.05) is 38.2 Å². The quantitative estimate of drug-likeness (QED) is 0.103. The van der Waals surface area contributed by atoms with E-state index in [1.165, 1.54) is 4.90 Å². The SMILES string of the molecule is CCc1nc2c(cnn2CC)c(NC2CCOCC2)c1CNC(=O)c1cc(C)cc(C(=O)NCc2cccc(-c3cccc(CN4CCN(C(=O)O)[C@@H](C)C4)c3)c2)c1. The zero-order valence-corrected chi connectivity index (χ0v) is 33.9. The molecule has 0 bridgehead atoms. The van der Waals surface area contributed by atoms with Gasteiger partial charge in [0.2, 0.25) is 0 Å². The summed E-state index contributed by atoms with van der Waals surface area (Å²) in [5.41, 5.74) is 9.49. The average Bonchev–Trinajstić information content (AvgIpc) is 3.65. The summed E-state index contributed by atoms with van der Waals surface area (Å²) in [6.45, 7) is 13.3. The van der Waals surface area contributed by atoms with Gasteiger partial charge in [-0.05, 0) is 98.2 Å². The highest BCUT2D eigenvalue weighted by atomic mass is 16.5. The van der Waals surface area contributed by atoms with Crippen LogP contribution in [0, 0.1) is 6.92 Å².